The Kier molecular flexibility index (Phi) is 7.89. The summed E-state index contributed by atoms with van der Waals surface area (Å²) < 4.78 is 24.6. The molecular formula is C28H32N4O6S. The van der Waals surface area contributed by atoms with Crippen molar-refractivity contribution in [1.29, 1.82) is 0 Å². The summed E-state index contributed by atoms with van der Waals surface area (Å²) in [6, 6.07) is 8.46. The molecule has 0 unspecified atom stereocenters. The van der Waals surface area contributed by atoms with Crippen molar-refractivity contribution in [3.05, 3.63) is 73.1 Å². The third-order valence-corrected chi connectivity index (χ3v) is 7.71. The number of thiazole rings is 1. The fraction of sp³-hybridized carbons (Fsp3) is 0.393. The second-order valence-electron chi connectivity index (χ2n) is 9.21. The highest BCUT2D eigenvalue weighted by molar-refractivity contribution is 7.07. The van der Waals surface area contributed by atoms with Gasteiger partial charge in [0.25, 0.3) is 5.56 Å². The summed E-state index contributed by atoms with van der Waals surface area (Å²) in [6.45, 7) is 8.39. The van der Waals surface area contributed by atoms with Crippen molar-refractivity contribution in [3.63, 3.8) is 0 Å². The van der Waals surface area contributed by atoms with Gasteiger partial charge in [-0.2, -0.15) is 0 Å². The number of hydrogen-bond donors (Lipinski definition) is 0. The molecule has 4 heterocycles. The van der Waals surface area contributed by atoms with Crippen molar-refractivity contribution in [2.24, 2.45) is 4.99 Å². The van der Waals surface area contributed by atoms with Crippen LogP contribution >= 0.6 is 11.3 Å². The fourth-order valence-electron chi connectivity index (χ4n) is 4.73. The molecule has 2 aliphatic heterocycles. The van der Waals surface area contributed by atoms with Crippen LogP contribution in [-0.2, 0) is 9.53 Å². The van der Waals surface area contributed by atoms with E-state index in [0.717, 1.165) is 32.1 Å². The maximum atomic E-state index is 13.8. The molecule has 2 aromatic heterocycles. The molecule has 0 spiro atoms. The molecule has 1 aromatic carbocycles. The molecule has 0 saturated carbocycles. The standard InChI is InChI=1S/C28H32N4O6S/c1-5-36-21-9-7-18(15-22(21)37-6-2)25-20(27(34)35-4)17-29-28-32(25)26(33)23(39-28)16-19-8-10-24(38-19)31-13-11-30(3)12-14-31/h7-10,15-17,25H,5-6,11-14H2,1-4H3/b23-16-/t25-/m0/s1. The molecule has 1 fully saturated rings. The molecule has 3 aromatic rings. The van der Waals surface area contributed by atoms with E-state index in [2.05, 4.69) is 21.8 Å². The number of carbonyl (C=O) groups excluding carboxylic acids is 1. The molecule has 2 aliphatic rings. The first-order valence-electron chi connectivity index (χ1n) is 13.0. The van der Waals surface area contributed by atoms with Gasteiger partial charge in [-0.05, 0) is 44.7 Å². The van der Waals surface area contributed by atoms with E-state index in [4.69, 9.17) is 18.6 Å². The average molecular weight is 553 g/mol. The van der Waals surface area contributed by atoms with Gasteiger partial charge >= 0.3 is 5.97 Å². The lowest BCUT2D eigenvalue weighted by Crippen LogP contribution is -2.44. The molecule has 206 valence electrons. The smallest absolute Gasteiger partial charge is 0.337 e. The predicted molar refractivity (Wildman–Crippen MR) is 148 cm³/mol. The molecule has 1 saturated heterocycles. The number of hydrogen-bond acceptors (Lipinski definition) is 10. The van der Waals surface area contributed by atoms with Gasteiger partial charge in [0.05, 0.1) is 36.5 Å². The number of ether oxygens (including phenoxy) is 3. The predicted octanol–water partition coefficient (Wildman–Crippen LogP) is 2.16. The highest BCUT2D eigenvalue weighted by atomic mass is 32.1. The minimum Gasteiger partial charge on any atom is -0.490 e. The lowest BCUT2D eigenvalue weighted by atomic mass is 9.97. The summed E-state index contributed by atoms with van der Waals surface area (Å²) in [4.78, 5) is 35.9. The van der Waals surface area contributed by atoms with Crippen molar-refractivity contribution in [3.8, 4) is 11.5 Å². The zero-order valence-corrected chi connectivity index (χ0v) is 23.3. The van der Waals surface area contributed by atoms with Crippen molar-refractivity contribution in [2.75, 3.05) is 58.5 Å². The third kappa shape index (κ3) is 5.37. The van der Waals surface area contributed by atoms with E-state index in [1.54, 1.807) is 18.2 Å². The minimum absolute atomic E-state index is 0.249. The number of aromatic nitrogens is 1. The molecule has 0 amide bonds. The summed E-state index contributed by atoms with van der Waals surface area (Å²) in [5.74, 6) is 1.93. The van der Waals surface area contributed by atoms with Crippen LogP contribution in [0.5, 0.6) is 11.5 Å². The number of anilines is 1. The van der Waals surface area contributed by atoms with Crippen molar-refractivity contribution < 1.29 is 23.4 Å². The lowest BCUT2D eigenvalue weighted by Gasteiger charge is -2.32. The monoisotopic (exact) mass is 552 g/mol. The van der Waals surface area contributed by atoms with Gasteiger partial charge in [0, 0.05) is 44.5 Å². The van der Waals surface area contributed by atoms with Crippen LogP contribution in [0.2, 0.25) is 0 Å². The van der Waals surface area contributed by atoms with Crippen LogP contribution in [0.4, 0.5) is 5.88 Å². The molecule has 0 N–H and O–H groups in total. The van der Waals surface area contributed by atoms with Gasteiger partial charge in [0.15, 0.2) is 22.2 Å². The molecule has 11 heteroatoms. The van der Waals surface area contributed by atoms with E-state index < -0.39 is 12.0 Å². The van der Waals surface area contributed by atoms with E-state index in [-0.39, 0.29) is 11.1 Å². The number of carbonyl (C=O) groups is 1. The van der Waals surface area contributed by atoms with Gasteiger partial charge in [-0.15, -0.1) is 0 Å². The van der Waals surface area contributed by atoms with Crippen molar-refractivity contribution in [1.82, 2.24) is 9.47 Å². The lowest BCUT2D eigenvalue weighted by molar-refractivity contribution is -0.136. The molecule has 1 atom stereocenters. The fourth-order valence-corrected chi connectivity index (χ4v) is 5.68. The average Bonchev–Trinajstić information content (AvgIpc) is 3.54. The van der Waals surface area contributed by atoms with Crippen molar-refractivity contribution >= 4 is 29.3 Å². The molecule has 10 nitrogen and oxygen atoms in total. The molecule has 0 bridgehead atoms. The quantitative estimate of drug-likeness (QED) is 0.392. The maximum Gasteiger partial charge on any atom is 0.337 e. The molecule has 39 heavy (non-hydrogen) atoms. The van der Waals surface area contributed by atoms with Gasteiger partial charge in [-0.1, -0.05) is 17.4 Å². The van der Waals surface area contributed by atoms with E-state index >= 15 is 0 Å². The summed E-state index contributed by atoms with van der Waals surface area (Å²) in [5.41, 5.74) is 0.651. The van der Waals surface area contributed by atoms with Gasteiger partial charge in [-0.25, -0.2) is 9.79 Å². The Hall–Kier alpha value is -3.83. The second-order valence-corrected chi connectivity index (χ2v) is 10.2. The van der Waals surface area contributed by atoms with Gasteiger partial charge in [-0.3, -0.25) is 9.36 Å². The SMILES string of the molecule is CCOc1ccc([C@H]2C(C(=O)OC)=CN=c3s/c(=C\c4ccc(N5CCN(C)CC5)o4)c(=O)n32)cc1OCC. The zero-order chi connectivity index (χ0) is 27.5. The number of rotatable bonds is 8. The molecule has 0 radical (unpaired) electrons. The summed E-state index contributed by atoms with van der Waals surface area (Å²) >= 11 is 1.24. The van der Waals surface area contributed by atoms with Gasteiger partial charge < -0.3 is 28.4 Å². The van der Waals surface area contributed by atoms with E-state index in [9.17, 15) is 9.59 Å². The number of fused-ring (bicyclic) bond motifs is 1. The van der Waals surface area contributed by atoms with Crippen LogP contribution in [0.3, 0.4) is 0 Å². The van der Waals surface area contributed by atoms with Gasteiger partial charge in [0.2, 0.25) is 0 Å². The molecular weight excluding hydrogens is 520 g/mol. The normalized spacial score (nSPS) is 17.8. The van der Waals surface area contributed by atoms with Crippen LogP contribution in [0.15, 0.2) is 56.3 Å². The zero-order valence-electron chi connectivity index (χ0n) is 22.5. The number of piperazine rings is 1. The van der Waals surface area contributed by atoms with Crippen molar-refractivity contribution in [2.45, 2.75) is 19.9 Å². The number of likely N-dealkylation sites (N-methyl/N-ethyl adjacent to an activating group) is 1. The summed E-state index contributed by atoms with van der Waals surface area (Å²) in [6.07, 6.45) is 3.20. The number of benzene rings is 1. The Bertz CT molecular complexity index is 1560. The van der Waals surface area contributed by atoms with Crippen LogP contribution in [0, 0.1) is 0 Å². The summed E-state index contributed by atoms with van der Waals surface area (Å²) in [7, 11) is 3.42. The van der Waals surface area contributed by atoms with Crippen LogP contribution in [-0.4, -0.2) is 69.0 Å². The second kappa shape index (κ2) is 11.5. The number of furan rings is 1. The number of esters is 1. The highest BCUT2D eigenvalue weighted by Crippen LogP contribution is 2.35. The topological polar surface area (TPSA) is 98.7 Å². The first kappa shape index (κ1) is 26.8. The Morgan fingerprint density at radius 3 is 2.56 bits per heavy atom. The summed E-state index contributed by atoms with van der Waals surface area (Å²) in [5, 5.41) is 0. The number of nitrogens with zero attached hydrogens (tertiary/aromatic N) is 4. The number of methoxy groups -OCH3 is 1. The van der Waals surface area contributed by atoms with E-state index in [1.165, 1.54) is 29.2 Å². The van der Waals surface area contributed by atoms with Crippen LogP contribution in [0.25, 0.3) is 6.08 Å². The first-order chi connectivity index (χ1) is 18.9. The third-order valence-electron chi connectivity index (χ3n) is 6.71. The Balaban J connectivity index is 1.56. The Labute approximate surface area is 230 Å². The van der Waals surface area contributed by atoms with E-state index in [0.29, 0.717) is 45.4 Å². The highest BCUT2D eigenvalue weighted by Gasteiger charge is 2.31. The molecule has 0 aliphatic carbocycles. The minimum atomic E-state index is -0.747. The van der Waals surface area contributed by atoms with E-state index in [1.807, 2.05) is 32.0 Å². The van der Waals surface area contributed by atoms with Crippen LogP contribution in [0.1, 0.15) is 31.2 Å². The largest absolute Gasteiger partial charge is 0.490 e. The van der Waals surface area contributed by atoms with Gasteiger partial charge in [0.1, 0.15) is 5.76 Å². The Morgan fingerprint density at radius 2 is 1.85 bits per heavy atom. The van der Waals surface area contributed by atoms with Crippen LogP contribution < -0.4 is 29.3 Å². The Morgan fingerprint density at radius 1 is 1.10 bits per heavy atom. The maximum absolute atomic E-state index is 13.8. The molecule has 5 rings (SSSR count). The first-order valence-corrected chi connectivity index (χ1v) is 13.8.